The highest BCUT2D eigenvalue weighted by atomic mass is 16.5. The first kappa shape index (κ1) is 16.0. The zero-order valence-electron chi connectivity index (χ0n) is 11.9. The summed E-state index contributed by atoms with van der Waals surface area (Å²) in [5.41, 5.74) is -0.828. The summed E-state index contributed by atoms with van der Waals surface area (Å²) in [5.74, 6) is -0.500. The van der Waals surface area contributed by atoms with Crippen molar-refractivity contribution in [3.63, 3.8) is 0 Å². The van der Waals surface area contributed by atoms with Gasteiger partial charge in [0, 0.05) is 26.2 Å². The summed E-state index contributed by atoms with van der Waals surface area (Å²) in [6, 6.07) is 0. The van der Waals surface area contributed by atoms with Crippen molar-refractivity contribution < 1.29 is 19.4 Å². The number of aliphatic carboxylic acids is 1. The minimum absolute atomic E-state index is 0.0422. The molecule has 0 aromatic heterocycles. The summed E-state index contributed by atoms with van der Waals surface area (Å²) in [7, 11) is 0. The molecular formula is C14H25NO4. The van der Waals surface area contributed by atoms with Gasteiger partial charge in [0.05, 0.1) is 5.41 Å². The van der Waals surface area contributed by atoms with Crippen LogP contribution in [0.15, 0.2) is 0 Å². The van der Waals surface area contributed by atoms with Crippen LogP contribution in [0.3, 0.4) is 0 Å². The Balaban J connectivity index is 2.41. The second-order valence-electron chi connectivity index (χ2n) is 5.33. The van der Waals surface area contributed by atoms with Crippen molar-refractivity contribution in [3.05, 3.63) is 0 Å². The van der Waals surface area contributed by atoms with Crippen LogP contribution in [-0.2, 0) is 14.3 Å². The van der Waals surface area contributed by atoms with E-state index in [1.807, 2.05) is 13.8 Å². The molecule has 0 aliphatic carbocycles. The van der Waals surface area contributed by atoms with Crippen LogP contribution in [0.1, 0.15) is 46.0 Å². The Kier molecular flexibility index (Phi) is 6.28. The van der Waals surface area contributed by atoms with Gasteiger partial charge in [0.15, 0.2) is 0 Å². The molecule has 1 fully saturated rings. The van der Waals surface area contributed by atoms with Gasteiger partial charge in [-0.3, -0.25) is 9.59 Å². The molecule has 0 aromatic carbocycles. The molecule has 1 rings (SSSR count). The zero-order valence-corrected chi connectivity index (χ0v) is 11.9. The molecule has 5 nitrogen and oxygen atoms in total. The van der Waals surface area contributed by atoms with Gasteiger partial charge >= 0.3 is 5.97 Å². The maximum Gasteiger partial charge on any atom is 0.311 e. The highest BCUT2D eigenvalue weighted by Gasteiger charge is 2.35. The summed E-state index contributed by atoms with van der Waals surface area (Å²) in [4.78, 5) is 23.2. The fourth-order valence-electron chi connectivity index (χ4n) is 2.43. The second kappa shape index (κ2) is 7.48. The molecule has 0 bridgehead atoms. The molecule has 19 heavy (non-hydrogen) atoms. The zero-order chi connectivity index (χ0) is 14.3. The maximum absolute atomic E-state index is 11.9. The van der Waals surface area contributed by atoms with Gasteiger partial charge in [-0.1, -0.05) is 13.8 Å². The first-order chi connectivity index (χ1) is 9.04. The van der Waals surface area contributed by atoms with Crippen molar-refractivity contribution in [2.45, 2.75) is 46.0 Å². The van der Waals surface area contributed by atoms with Crippen LogP contribution in [0.4, 0.5) is 0 Å². The summed E-state index contributed by atoms with van der Waals surface area (Å²) in [6.07, 6.45) is 3.36. The van der Waals surface area contributed by atoms with E-state index in [-0.39, 0.29) is 12.5 Å². The molecule has 1 saturated heterocycles. The third kappa shape index (κ3) is 4.49. The molecule has 0 aromatic rings. The van der Waals surface area contributed by atoms with E-state index in [9.17, 15) is 14.7 Å². The topological polar surface area (TPSA) is 75.6 Å². The SMILES string of the molecule is CCC(CC)(CNC(=O)CC1CCOCC1)C(=O)O. The van der Waals surface area contributed by atoms with E-state index in [1.165, 1.54) is 0 Å². The summed E-state index contributed by atoms with van der Waals surface area (Å²) < 4.78 is 5.25. The Labute approximate surface area is 114 Å². The molecule has 0 spiro atoms. The van der Waals surface area contributed by atoms with E-state index < -0.39 is 11.4 Å². The van der Waals surface area contributed by atoms with E-state index in [2.05, 4.69) is 5.32 Å². The smallest absolute Gasteiger partial charge is 0.311 e. The van der Waals surface area contributed by atoms with Crippen molar-refractivity contribution in [1.82, 2.24) is 5.32 Å². The fraction of sp³-hybridized carbons (Fsp3) is 0.857. The van der Waals surface area contributed by atoms with Crippen LogP contribution < -0.4 is 5.32 Å². The van der Waals surface area contributed by atoms with E-state index in [1.54, 1.807) is 0 Å². The number of hydrogen-bond acceptors (Lipinski definition) is 3. The fourth-order valence-corrected chi connectivity index (χ4v) is 2.43. The summed E-state index contributed by atoms with van der Waals surface area (Å²) >= 11 is 0. The number of carbonyl (C=O) groups is 2. The molecule has 0 saturated carbocycles. The molecule has 0 radical (unpaired) electrons. The molecule has 0 atom stereocenters. The van der Waals surface area contributed by atoms with Gasteiger partial charge in [0.1, 0.15) is 0 Å². The molecule has 110 valence electrons. The molecule has 1 heterocycles. The molecule has 1 aliphatic heterocycles. The summed E-state index contributed by atoms with van der Waals surface area (Å²) in [5, 5.41) is 12.1. The van der Waals surface area contributed by atoms with Crippen LogP contribution in [0.2, 0.25) is 0 Å². The highest BCUT2D eigenvalue weighted by molar-refractivity contribution is 5.79. The summed E-state index contributed by atoms with van der Waals surface area (Å²) in [6.45, 7) is 5.36. The number of nitrogens with one attached hydrogen (secondary N) is 1. The Morgan fingerprint density at radius 1 is 1.26 bits per heavy atom. The van der Waals surface area contributed by atoms with Crippen molar-refractivity contribution in [3.8, 4) is 0 Å². The second-order valence-corrected chi connectivity index (χ2v) is 5.33. The molecule has 1 aliphatic rings. The third-order valence-corrected chi connectivity index (χ3v) is 4.25. The van der Waals surface area contributed by atoms with Crippen LogP contribution in [-0.4, -0.2) is 36.7 Å². The van der Waals surface area contributed by atoms with Crippen molar-refractivity contribution in [2.75, 3.05) is 19.8 Å². The lowest BCUT2D eigenvalue weighted by Gasteiger charge is -2.27. The van der Waals surface area contributed by atoms with Crippen LogP contribution >= 0.6 is 0 Å². The van der Waals surface area contributed by atoms with Gasteiger partial charge in [0.2, 0.25) is 5.91 Å². The maximum atomic E-state index is 11.9. The Bertz CT molecular complexity index is 307. The molecule has 2 N–H and O–H groups in total. The average molecular weight is 271 g/mol. The normalized spacial score (nSPS) is 17.2. The molecule has 1 amide bonds. The average Bonchev–Trinajstić information content (AvgIpc) is 2.41. The Morgan fingerprint density at radius 3 is 2.32 bits per heavy atom. The quantitative estimate of drug-likeness (QED) is 0.740. The number of ether oxygens (including phenoxy) is 1. The monoisotopic (exact) mass is 271 g/mol. The van der Waals surface area contributed by atoms with E-state index in [0.717, 1.165) is 26.1 Å². The predicted molar refractivity (Wildman–Crippen MR) is 71.8 cm³/mol. The predicted octanol–water partition coefficient (Wildman–Crippen LogP) is 1.81. The Hall–Kier alpha value is -1.10. The number of carboxylic acid groups (broad SMARTS) is 1. The van der Waals surface area contributed by atoms with E-state index in [0.29, 0.717) is 25.2 Å². The first-order valence-electron chi connectivity index (χ1n) is 7.12. The highest BCUT2D eigenvalue weighted by Crippen LogP contribution is 2.26. The van der Waals surface area contributed by atoms with Crippen molar-refractivity contribution >= 4 is 11.9 Å². The standard InChI is InChI=1S/C14H25NO4/c1-3-14(4-2,13(17)18)10-15-12(16)9-11-5-7-19-8-6-11/h11H,3-10H2,1-2H3,(H,15,16)(H,17,18). The van der Waals surface area contributed by atoms with Crippen molar-refractivity contribution in [2.24, 2.45) is 11.3 Å². The number of carboxylic acids is 1. The van der Waals surface area contributed by atoms with Gasteiger partial charge in [-0.2, -0.15) is 0 Å². The third-order valence-electron chi connectivity index (χ3n) is 4.25. The van der Waals surface area contributed by atoms with Gasteiger partial charge in [-0.25, -0.2) is 0 Å². The lowest BCUT2D eigenvalue weighted by molar-refractivity contribution is -0.149. The lowest BCUT2D eigenvalue weighted by atomic mass is 9.82. The first-order valence-corrected chi connectivity index (χ1v) is 7.12. The van der Waals surface area contributed by atoms with Gasteiger partial charge in [0.25, 0.3) is 0 Å². The number of amides is 1. The molecule has 5 heteroatoms. The van der Waals surface area contributed by atoms with Gasteiger partial charge in [-0.15, -0.1) is 0 Å². The number of rotatable bonds is 7. The van der Waals surface area contributed by atoms with E-state index >= 15 is 0 Å². The van der Waals surface area contributed by atoms with Gasteiger partial charge < -0.3 is 15.2 Å². The van der Waals surface area contributed by atoms with Crippen LogP contribution in [0.25, 0.3) is 0 Å². The van der Waals surface area contributed by atoms with Crippen molar-refractivity contribution in [1.29, 1.82) is 0 Å². The minimum Gasteiger partial charge on any atom is -0.481 e. The largest absolute Gasteiger partial charge is 0.481 e. The Morgan fingerprint density at radius 2 is 1.84 bits per heavy atom. The van der Waals surface area contributed by atoms with E-state index in [4.69, 9.17) is 4.74 Å². The lowest BCUT2D eigenvalue weighted by Crippen LogP contribution is -2.42. The van der Waals surface area contributed by atoms with Crippen LogP contribution in [0, 0.1) is 11.3 Å². The van der Waals surface area contributed by atoms with Crippen LogP contribution in [0.5, 0.6) is 0 Å². The number of carbonyl (C=O) groups excluding carboxylic acids is 1. The number of hydrogen-bond donors (Lipinski definition) is 2. The molecular weight excluding hydrogens is 246 g/mol. The molecule has 0 unspecified atom stereocenters. The van der Waals surface area contributed by atoms with Gasteiger partial charge in [-0.05, 0) is 31.6 Å². The minimum atomic E-state index is -0.830.